The number of nitrogens with zero attached hydrogens (tertiary/aromatic N) is 2. The number of thioether (sulfide) groups is 1. The second-order valence-electron chi connectivity index (χ2n) is 5.73. The van der Waals surface area contributed by atoms with E-state index in [0.29, 0.717) is 10.6 Å². The van der Waals surface area contributed by atoms with E-state index in [9.17, 15) is 10.1 Å². The fourth-order valence-electron chi connectivity index (χ4n) is 2.46. The average Bonchev–Trinajstić information content (AvgIpc) is 2.67. The Labute approximate surface area is 156 Å². The maximum Gasteiger partial charge on any atom is 0.234 e. The minimum atomic E-state index is -0.128. The molecule has 0 fully saturated rings. The molecule has 4 nitrogen and oxygen atoms in total. The lowest BCUT2D eigenvalue weighted by molar-refractivity contribution is -0.113. The highest BCUT2D eigenvalue weighted by molar-refractivity contribution is 8.00. The molecule has 0 aliphatic rings. The number of rotatable bonds is 5. The van der Waals surface area contributed by atoms with Crippen molar-refractivity contribution in [3.8, 4) is 17.3 Å². The van der Waals surface area contributed by atoms with Crippen molar-refractivity contribution in [2.24, 2.45) is 0 Å². The van der Waals surface area contributed by atoms with Gasteiger partial charge in [0.05, 0.1) is 17.0 Å². The van der Waals surface area contributed by atoms with E-state index in [1.807, 2.05) is 67.6 Å². The fourth-order valence-corrected chi connectivity index (χ4v) is 3.23. The van der Waals surface area contributed by atoms with Crippen molar-refractivity contribution in [3.63, 3.8) is 0 Å². The minimum Gasteiger partial charge on any atom is -0.325 e. The Kier molecular flexibility index (Phi) is 5.67. The summed E-state index contributed by atoms with van der Waals surface area (Å²) < 4.78 is 0. The molecule has 26 heavy (non-hydrogen) atoms. The van der Waals surface area contributed by atoms with Crippen LogP contribution in [0.1, 0.15) is 11.1 Å². The molecule has 0 aliphatic heterocycles. The maximum atomic E-state index is 12.2. The van der Waals surface area contributed by atoms with Gasteiger partial charge in [0.25, 0.3) is 0 Å². The lowest BCUT2D eigenvalue weighted by Gasteiger charge is -2.08. The van der Waals surface area contributed by atoms with Gasteiger partial charge in [0.2, 0.25) is 5.91 Å². The predicted octanol–water partition coefficient (Wildman–Crippen LogP) is 4.66. The lowest BCUT2D eigenvalue weighted by Crippen LogP contribution is -2.14. The monoisotopic (exact) mass is 359 g/mol. The van der Waals surface area contributed by atoms with Gasteiger partial charge in [-0.15, -0.1) is 0 Å². The molecule has 5 heteroatoms. The van der Waals surface area contributed by atoms with Crippen molar-refractivity contribution in [2.45, 2.75) is 11.9 Å². The van der Waals surface area contributed by atoms with Crippen molar-refractivity contribution < 1.29 is 4.79 Å². The minimum absolute atomic E-state index is 0.128. The van der Waals surface area contributed by atoms with E-state index in [1.165, 1.54) is 11.8 Å². The number of nitrogens with one attached hydrogen (secondary N) is 1. The number of anilines is 1. The molecule has 0 saturated carbocycles. The van der Waals surface area contributed by atoms with Gasteiger partial charge < -0.3 is 5.32 Å². The quantitative estimate of drug-likeness (QED) is 0.673. The smallest absolute Gasteiger partial charge is 0.234 e. The van der Waals surface area contributed by atoms with Gasteiger partial charge in [-0.25, -0.2) is 4.98 Å². The van der Waals surface area contributed by atoms with Crippen LogP contribution in [-0.4, -0.2) is 16.6 Å². The Balaban J connectivity index is 1.72. The van der Waals surface area contributed by atoms with Crippen LogP contribution >= 0.6 is 11.8 Å². The topological polar surface area (TPSA) is 65.8 Å². The summed E-state index contributed by atoms with van der Waals surface area (Å²) >= 11 is 1.27. The normalized spacial score (nSPS) is 10.2. The zero-order valence-corrected chi connectivity index (χ0v) is 15.1. The standard InChI is InChI=1S/C21H17N3OS/c1-15-6-5-9-18(12-15)23-20(25)14-26-21-17(13-22)10-11-19(24-21)16-7-3-2-4-8-16/h2-12H,14H2,1H3,(H,23,25). The number of hydrogen-bond acceptors (Lipinski definition) is 4. The molecule has 3 aromatic rings. The molecule has 0 bridgehead atoms. The SMILES string of the molecule is Cc1cccc(NC(=O)CSc2nc(-c3ccccc3)ccc2C#N)c1. The number of pyridine rings is 1. The third-order valence-corrected chi connectivity index (χ3v) is 4.68. The second-order valence-corrected chi connectivity index (χ2v) is 6.70. The molecule has 1 N–H and O–H groups in total. The Morgan fingerprint density at radius 2 is 1.92 bits per heavy atom. The molecule has 0 radical (unpaired) electrons. The van der Waals surface area contributed by atoms with Gasteiger partial charge >= 0.3 is 0 Å². The van der Waals surface area contributed by atoms with E-state index in [2.05, 4.69) is 16.4 Å². The van der Waals surface area contributed by atoms with Gasteiger partial charge in [0.1, 0.15) is 11.1 Å². The van der Waals surface area contributed by atoms with Gasteiger partial charge in [0, 0.05) is 11.3 Å². The van der Waals surface area contributed by atoms with E-state index in [1.54, 1.807) is 6.07 Å². The Bertz CT molecular complexity index is 964. The van der Waals surface area contributed by atoms with Gasteiger partial charge in [-0.3, -0.25) is 4.79 Å². The summed E-state index contributed by atoms with van der Waals surface area (Å²) in [5.41, 5.74) is 4.08. The van der Waals surface area contributed by atoms with Crippen molar-refractivity contribution in [1.82, 2.24) is 4.98 Å². The van der Waals surface area contributed by atoms with Crippen LogP contribution in [0.2, 0.25) is 0 Å². The molecule has 0 spiro atoms. The summed E-state index contributed by atoms with van der Waals surface area (Å²) in [7, 11) is 0. The van der Waals surface area contributed by atoms with Crippen molar-refractivity contribution in [2.75, 3.05) is 11.1 Å². The number of aryl methyl sites for hydroxylation is 1. The van der Waals surface area contributed by atoms with Gasteiger partial charge in [-0.05, 0) is 36.8 Å². The summed E-state index contributed by atoms with van der Waals surface area (Å²) in [6.07, 6.45) is 0. The van der Waals surface area contributed by atoms with Crippen LogP contribution in [0, 0.1) is 18.3 Å². The van der Waals surface area contributed by atoms with E-state index >= 15 is 0 Å². The molecule has 2 aromatic carbocycles. The van der Waals surface area contributed by atoms with Crippen molar-refractivity contribution in [3.05, 3.63) is 77.9 Å². The third kappa shape index (κ3) is 4.50. The average molecular weight is 359 g/mol. The molecule has 1 amide bonds. The van der Waals surface area contributed by atoms with Crippen molar-refractivity contribution >= 4 is 23.4 Å². The molecule has 0 atom stereocenters. The summed E-state index contributed by atoms with van der Waals surface area (Å²) in [6, 6.07) is 23.1. The van der Waals surface area contributed by atoms with Crippen LogP contribution in [0.15, 0.2) is 71.8 Å². The summed E-state index contributed by atoms with van der Waals surface area (Å²) in [4.78, 5) is 16.8. The third-order valence-electron chi connectivity index (χ3n) is 3.69. The van der Waals surface area contributed by atoms with E-state index in [4.69, 9.17) is 0 Å². The van der Waals surface area contributed by atoms with Gasteiger partial charge in [0.15, 0.2) is 0 Å². The highest BCUT2D eigenvalue weighted by Gasteiger charge is 2.11. The number of amides is 1. The van der Waals surface area contributed by atoms with E-state index in [0.717, 1.165) is 22.5 Å². The molecule has 3 rings (SSSR count). The molecule has 1 aromatic heterocycles. The number of hydrogen-bond donors (Lipinski definition) is 1. The number of carbonyl (C=O) groups excluding carboxylic acids is 1. The van der Waals surface area contributed by atoms with Crippen LogP contribution in [0.4, 0.5) is 5.69 Å². The number of carbonyl (C=O) groups is 1. The molecule has 0 saturated heterocycles. The lowest BCUT2D eigenvalue weighted by atomic mass is 10.1. The number of aromatic nitrogens is 1. The fraction of sp³-hybridized carbons (Fsp3) is 0.0952. The highest BCUT2D eigenvalue weighted by atomic mass is 32.2. The van der Waals surface area contributed by atoms with Gasteiger partial charge in [-0.2, -0.15) is 5.26 Å². The molecular weight excluding hydrogens is 342 g/mol. The first-order valence-corrected chi connectivity index (χ1v) is 9.10. The Morgan fingerprint density at radius 1 is 1.12 bits per heavy atom. The zero-order valence-electron chi connectivity index (χ0n) is 14.3. The summed E-state index contributed by atoms with van der Waals surface area (Å²) in [5, 5.41) is 12.7. The molecular formula is C21H17N3OS. The second kappa shape index (κ2) is 8.32. The van der Waals surface area contributed by atoms with Crippen LogP contribution in [0.25, 0.3) is 11.3 Å². The first-order chi connectivity index (χ1) is 12.7. The number of benzene rings is 2. The molecule has 0 aliphatic carbocycles. The maximum absolute atomic E-state index is 12.2. The largest absolute Gasteiger partial charge is 0.325 e. The van der Waals surface area contributed by atoms with E-state index in [-0.39, 0.29) is 11.7 Å². The Morgan fingerprint density at radius 3 is 2.65 bits per heavy atom. The number of nitriles is 1. The van der Waals surface area contributed by atoms with E-state index < -0.39 is 0 Å². The summed E-state index contributed by atoms with van der Waals surface area (Å²) in [5.74, 6) is 0.0600. The van der Waals surface area contributed by atoms with Gasteiger partial charge in [-0.1, -0.05) is 54.2 Å². The van der Waals surface area contributed by atoms with Crippen LogP contribution in [-0.2, 0) is 4.79 Å². The highest BCUT2D eigenvalue weighted by Crippen LogP contribution is 2.25. The zero-order chi connectivity index (χ0) is 18.4. The van der Waals surface area contributed by atoms with Crippen LogP contribution < -0.4 is 5.32 Å². The summed E-state index contributed by atoms with van der Waals surface area (Å²) in [6.45, 7) is 1.97. The molecule has 1 heterocycles. The predicted molar refractivity (Wildman–Crippen MR) is 105 cm³/mol. The van der Waals surface area contributed by atoms with Crippen LogP contribution in [0.3, 0.4) is 0 Å². The first-order valence-electron chi connectivity index (χ1n) is 8.11. The van der Waals surface area contributed by atoms with Crippen molar-refractivity contribution in [1.29, 1.82) is 5.26 Å². The Hall–Kier alpha value is -3.10. The van der Waals surface area contributed by atoms with Crippen LogP contribution in [0.5, 0.6) is 0 Å². The molecule has 128 valence electrons. The molecule has 0 unspecified atom stereocenters. The first kappa shape index (κ1) is 17.7.